The van der Waals surface area contributed by atoms with Crippen molar-refractivity contribution in [2.75, 3.05) is 0 Å². The van der Waals surface area contributed by atoms with Crippen LogP contribution in [0.3, 0.4) is 0 Å². The quantitative estimate of drug-likeness (QED) is 0.652. The maximum absolute atomic E-state index is 5.26. The van der Waals surface area contributed by atoms with Gasteiger partial charge in [-0.1, -0.05) is 11.2 Å². The first-order chi connectivity index (χ1) is 8.33. The molecule has 5 heteroatoms. The summed E-state index contributed by atoms with van der Waals surface area (Å²) in [7, 11) is 0. The zero-order valence-electron chi connectivity index (χ0n) is 8.63. The van der Waals surface area contributed by atoms with Crippen molar-refractivity contribution in [2.45, 2.75) is 0 Å². The second-order valence-electron chi connectivity index (χ2n) is 3.41. The SMILES string of the molecule is Ic1ccc(-c2nc(-c3cccs3)no2)cc1. The molecule has 0 saturated heterocycles. The van der Waals surface area contributed by atoms with Crippen molar-refractivity contribution in [1.29, 1.82) is 0 Å². The molecule has 3 aromatic rings. The normalized spacial score (nSPS) is 10.6. The largest absolute Gasteiger partial charge is 0.334 e. The molecule has 2 heterocycles. The molecule has 0 spiro atoms. The number of benzene rings is 1. The summed E-state index contributed by atoms with van der Waals surface area (Å²) in [5.74, 6) is 1.21. The number of hydrogen-bond acceptors (Lipinski definition) is 4. The molecule has 84 valence electrons. The molecule has 3 rings (SSSR count). The van der Waals surface area contributed by atoms with E-state index in [4.69, 9.17) is 4.52 Å². The van der Waals surface area contributed by atoms with Crippen LogP contribution in [0.2, 0.25) is 0 Å². The van der Waals surface area contributed by atoms with Gasteiger partial charge in [0.1, 0.15) is 0 Å². The van der Waals surface area contributed by atoms with Gasteiger partial charge in [-0.15, -0.1) is 11.3 Å². The predicted octanol–water partition coefficient (Wildman–Crippen LogP) is 4.07. The number of hydrogen-bond donors (Lipinski definition) is 0. The van der Waals surface area contributed by atoms with Crippen molar-refractivity contribution in [1.82, 2.24) is 10.1 Å². The van der Waals surface area contributed by atoms with E-state index < -0.39 is 0 Å². The zero-order valence-corrected chi connectivity index (χ0v) is 11.6. The van der Waals surface area contributed by atoms with Crippen molar-refractivity contribution >= 4 is 33.9 Å². The van der Waals surface area contributed by atoms with Crippen LogP contribution in [0.5, 0.6) is 0 Å². The first-order valence-electron chi connectivity index (χ1n) is 4.96. The summed E-state index contributed by atoms with van der Waals surface area (Å²) in [5.41, 5.74) is 0.945. The summed E-state index contributed by atoms with van der Waals surface area (Å²) < 4.78 is 6.44. The highest BCUT2D eigenvalue weighted by Gasteiger charge is 2.10. The van der Waals surface area contributed by atoms with Gasteiger partial charge in [0.05, 0.1) is 4.88 Å². The lowest BCUT2D eigenvalue weighted by Gasteiger charge is -1.93. The fourth-order valence-electron chi connectivity index (χ4n) is 1.44. The number of thiophene rings is 1. The number of rotatable bonds is 2. The Morgan fingerprint density at radius 3 is 2.65 bits per heavy atom. The molecule has 3 nitrogen and oxygen atoms in total. The second kappa shape index (κ2) is 4.58. The van der Waals surface area contributed by atoms with Gasteiger partial charge in [0.2, 0.25) is 5.82 Å². The third kappa shape index (κ3) is 2.25. The van der Waals surface area contributed by atoms with Crippen molar-refractivity contribution in [2.24, 2.45) is 0 Å². The molecule has 0 amide bonds. The summed E-state index contributed by atoms with van der Waals surface area (Å²) in [4.78, 5) is 5.40. The Morgan fingerprint density at radius 1 is 1.12 bits per heavy atom. The molecule has 0 fully saturated rings. The zero-order chi connectivity index (χ0) is 11.7. The summed E-state index contributed by atoms with van der Waals surface area (Å²) in [6, 6.07) is 11.9. The van der Waals surface area contributed by atoms with Crippen LogP contribution in [-0.4, -0.2) is 10.1 Å². The highest BCUT2D eigenvalue weighted by atomic mass is 127. The number of nitrogens with zero attached hydrogens (tertiary/aromatic N) is 2. The Labute approximate surface area is 116 Å². The molecule has 0 saturated carbocycles. The highest BCUT2D eigenvalue weighted by Crippen LogP contribution is 2.25. The Bertz CT molecular complexity index is 616. The van der Waals surface area contributed by atoms with E-state index in [0.717, 1.165) is 10.4 Å². The monoisotopic (exact) mass is 354 g/mol. The Kier molecular flexibility index (Phi) is 2.94. The maximum atomic E-state index is 5.26. The topological polar surface area (TPSA) is 38.9 Å². The van der Waals surface area contributed by atoms with E-state index in [2.05, 4.69) is 32.7 Å². The lowest BCUT2D eigenvalue weighted by molar-refractivity contribution is 0.432. The first-order valence-corrected chi connectivity index (χ1v) is 6.92. The molecule has 2 aromatic heterocycles. The van der Waals surface area contributed by atoms with E-state index in [0.29, 0.717) is 11.7 Å². The molecule has 0 aliphatic carbocycles. The molecule has 1 aromatic carbocycles. The van der Waals surface area contributed by atoms with Gasteiger partial charge in [-0.25, -0.2) is 0 Å². The van der Waals surface area contributed by atoms with E-state index in [1.54, 1.807) is 11.3 Å². The van der Waals surface area contributed by atoms with E-state index in [9.17, 15) is 0 Å². The summed E-state index contributed by atoms with van der Waals surface area (Å²) in [6.07, 6.45) is 0. The summed E-state index contributed by atoms with van der Waals surface area (Å²) >= 11 is 3.87. The molecule has 0 bridgehead atoms. The van der Waals surface area contributed by atoms with Gasteiger partial charge < -0.3 is 4.52 Å². The molecule has 17 heavy (non-hydrogen) atoms. The van der Waals surface area contributed by atoms with Crippen molar-refractivity contribution in [3.05, 3.63) is 45.3 Å². The fraction of sp³-hybridized carbons (Fsp3) is 0. The highest BCUT2D eigenvalue weighted by molar-refractivity contribution is 14.1. The minimum Gasteiger partial charge on any atom is -0.334 e. The average Bonchev–Trinajstić information content (AvgIpc) is 3.00. The van der Waals surface area contributed by atoms with Gasteiger partial charge in [0, 0.05) is 9.13 Å². The molecule has 0 aliphatic heterocycles. The second-order valence-corrected chi connectivity index (χ2v) is 5.60. The first kappa shape index (κ1) is 10.9. The molecule has 0 radical (unpaired) electrons. The van der Waals surface area contributed by atoms with Gasteiger partial charge in [-0.2, -0.15) is 4.98 Å². The van der Waals surface area contributed by atoms with Crippen LogP contribution in [0.1, 0.15) is 0 Å². The fourth-order valence-corrected chi connectivity index (χ4v) is 2.45. The maximum Gasteiger partial charge on any atom is 0.258 e. The minimum absolute atomic E-state index is 0.560. The number of aromatic nitrogens is 2. The van der Waals surface area contributed by atoms with Crippen LogP contribution in [-0.2, 0) is 0 Å². The van der Waals surface area contributed by atoms with Crippen LogP contribution in [0, 0.1) is 3.57 Å². The Balaban J connectivity index is 1.98. The van der Waals surface area contributed by atoms with Crippen molar-refractivity contribution < 1.29 is 4.52 Å². The molecular weight excluding hydrogens is 347 g/mol. The van der Waals surface area contributed by atoms with Crippen molar-refractivity contribution in [3.8, 4) is 22.2 Å². The Morgan fingerprint density at radius 2 is 1.94 bits per heavy atom. The molecule has 0 aliphatic rings. The molecule has 0 atom stereocenters. The molecular formula is C12H7IN2OS. The average molecular weight is 354 g/mol. The van der Waals surface area contributed by atoms with Crippen LogP contribution >= 0.6 is 33.9 Å². The minimum atomic E-state index is 0.560. The summed E-state index contributed by atoms with van der Waals surface area (Å²) in [6.45, 7) is 0. The lowest BCUT2D eigenvalue weighted by atomic mass is 10.2. The third-order valence-electron chi connectivity index (χ3n) is 2.26. The van der Waals surface area contributed by atoms with Crippen LogP contribution in [0.15, 0.2) is 46.3 Å². The predicted molar refractivity (Wildman–Crippen MR) is 75.8 cm³/mol. The van der Waals surface area contributed by atoms with E-state index >= 15 is 0 Å². The van der Waals surface area contributed by atoms with E-state index in [-0.39, 0.29) is 0 Å². The van der Waals surface area contributed by atoms with Crippen molar-refractivity contribution in [3.63, 3.8) is 0 Å². The summed E-state index contributed by atoms with van der Waals surface area (Å²) in [5, 5.41) is 5.98. The van der Waals surface area contributed by atoms with Gasteiger partial charge >= 0.3 is 0 Å². The lowest BCUT2D eigenvalue weighted by Crippen LogP contribution is -1.78. The van der Waals surface area contributed by atoms with Gasteiger partial charge in [0.25, 0.3) is 5.89 Å². The standard InChI is InChI=1S/C12H7IN2OS/c13-9-5-3-8(4-6-9)12-14-11(15-16-12)10-2-1-7-17-10/h1-7H. The van der Waals surface area contributed by atoms with E-state index in [1.807, 2.05) is 41.8 Å². The van der Waals surface area contributed by atoms with Gasteiger partial charge in [-0.3, -0.25) is 0 Å². The number of halogens is 1. The van der Waals surface area contributed by atoms with Crippen LogP contribution < -0.4 is 0 Å². The van der Waals surface area contributed by atoms with Crippen LogP contribution in [0.25, 0.3) is 22.2 Å². The smallest absolute Gasteiger partial charge is 0.258 e. The Hall–Kier alpha value is -1.21. The van der Waals surface area contributed by atoms with E-state index in [1.165, 1.54) is 3.57 Å². The van der Waals surface area contributed by atoms with Crippen LogP contribution in [0.4, 0.5) is 0 Å². The molecule has 0 unspecified atom stereocenters. The van der Waals surface area contributed by atoms with Gasteiger partial charge in [-0.05, 0) is 58.3 Å². The van der Waals surface area contributed by atoms with Gasteiger partial charge in [0.15, 0.2) is 0 Å². The third-order valence-corrected chi connectivity index (χ3v) is 3.84. The molecule has 0 N–H and O–H groups in total.